The minimum Gasteiger partial charge on any atom is -0.340 e. The van der Waals surface area contributed by atoms with E-state index in [0.717, 1.165) is 23.5 Å². The Morgan fingerprint density at radius 2 is 2.10 bits per heavy atom. The van der Waals surface area contributed by atoms with Gasteiger partial charge in [0.05, 0.1) is 12.2 Å². The van der Waals surface area contributed by atoms with Crippen molar-refractivity contribution in [2.75, 3.05) is 6.54 Å². The third-order valence-corrected chi connectivity index (χ3v) is 5.32. The first kappa shape index (κ1) is 13.5. The molecule has 0 spiro atoms. The summed E-state index contributed by atoms with van der Waals surface area (Å²) in [5.41, 5.74) is 0.292. The Kier molecular flexibility index (Phi) is 3.08. The van der Waals surface area contributed by atoms with E-state index in [1.54, 1.807) is 16.2 Å². The standard InChI is InChI=1S/C14H19N3O2S/c1-8-9(2)20-12(15-8)7-17-6-11(18)16-14(3,13(17)19)10-4-5-10/h10H,4-7H2,1-3H3,(H,16,18). The first-order valence-electron chi connectivity index (χ1n) is 6.93. The van der Waals surface area contributed by atoms with Crippen LogP contribution in [0.25, 0.3) is 0 Å². The molecule has 3 rings (SSSR count). The molecule has 0 aromatic carbocycles. The smallest absolute Gasteiger partial charge is 0.249 e. The van der Waals surface area contributed by atoms with E-state index >= 15 is 0 Å². The van der Waals surface area contributed by atoms with Gasteiger partial charge < -0.3 is 10.2 Å². The molecule has 1 aliphatic heterocycles. The first-order valence-corrected chi connectivity index (χ1v) is 7.75. The molecule has 108 valence electrons. The number of thiazole rings is 1. The molecule has 20 heavy (non-hydrogen) atoms. The number of aryl methyl sites for hydroxylation is 2. The van der Waals surface area contributed by atoms with Crippen molar-refractivity contribution in [2.45, 2.75) is 45.7 Å². The van der Waals surface area contributed by atoms with Gasteiger partial charge in [0.2, 0.25) is 11.8 Å². The van der Waals surface area contributed by atoms with Crippen LogP contribution in [0.5, 0.6) is 0 Å². The molecule has 1 aliphatic carbocycles. The van der Waals surface area contributed by atoms with Crippen molar-refractivity contribution in [3.8, 4) is 0 Å². The van der Waals surface area contributed by atoms with Crippen molar-refractivity contribution in [3.63, 3.8) is 0 Å². The highest BCUT2D eigenvalue weighted by Gasteiger charge is 2.52. The summed E-state index contributed by atoms with van der Waals surface area (Å²) < 4.78 is 0. The highest BCUT2D eigenvalue weighted by Crippen LogP contribution is 2.41. The predicted octanol–water partition coefficient (Wildman–Crippen LogP) is 1.39. The van der Waals surface area contributed by atoms with Gasteiger partial charge in [-0.15, -0.1) is 11.3 Å². The topological polar surface area (TPSA) is 62.3 Å². The van der Waals surface area contributed by atoms with Gasteiger partial charge >= 0.3 is 0 Å². The lowest BCUT2D eigenvalue weighted by Crippen LogP contribution is -2.66. The Morgan fingerprint density at radius 3 is 2.65 bits per heavy atom. The van der Waals surface area contributed by atoms with Gasteiger partial charge in [-0.25, -0.2) is 4.98 Å². The average Bonchev–Trinajstić information content (AvgIpc) is 3.15. The van der Waals surface area contributed by atoms with Crippen LogP contribution in [-0.4, -0.2) is 33.8 Å². The van der Waals surface area contributed by atoms with Gasteiger partial charge in [-0.1, -0.05) is 0 Å². The van der Waals surface area contributed by atoms with Crippen molar-refractivity contribution < 1.29 is 9.59 Å². The van der Waals surface area contributed by atoms with Crippen LogP contribution in [0.15, 0.2) is 0 Å². The molecule has 1 saturated heterocycles. The Balaban J connectivity index is 1.81. The summed E-state index contributed by atoms with van der Waals surface area (Å²) in [5.74, 6) is 0.260. The van der Waals surface area contributed by atoms with Gasteiger partial charge in [-0.2, -0.15) is 0 Å². The van der Waals surface area contributed by atoms with E-state index in [1.165, 1.54) is 4.88 Å². The molecule has 2 heterocycles. The van der Waals surface area contributed by atoms with Crippen molar-refractivity contribution in [1.29, 1.82) is 0 Å². The number of nitrogens with one attached hydrogen (secondary N) is 1. The van der Waals surface area contributed by atoms with Crippen LogP contribution in [0, 0.1) is 19.8 Å². The fourth-order valence-electron chi connectivity index (χ4n) is 2.79. The summed E-state index contributed by atoms with van der Waals surface area (Å²) in [4.78, 5) is 31.8. The second-order valence-electron chi connectivity index (χ2n) is 5.94. The number of hydrogen-bond donors (Lipinski definition) is 1. The molecule has 1 saturated carbocycles. The molecule has 0 bridgehead atoms. The van der Waals surface area contributed by atoms with Gasteiger partial charge in [-0.3, -0.25) is 9.59 Å². The summed E-state index contributed by atoms with van der Waals surface area (Å²) in [6.45, 7) is 6.42. The zero-order chi connectivity index (χ0) is 14.5. The molecule has 2 aliphatic rings. The number of rotatable bonds is 3. The maximum absolute atomic E-state index is 12.7. The third kappa shape index (κ3) is 2.22. The number of carbonyl (C=O) groups is 2. The highest BCUT2D eigenvalue weighted by atomic mass is 32.1. The summed E-state index contributed by atoms with van der Waals surface area (Å²) >= 11 is 1.60. The zero-order valence-corrected chi connectivity index (χ0v) is 12.8. The van der Waals surface area contributed by atoms with Crippen LogP contribution >= 0.6 is 11.3 Å². The molecule has 1 aromatic heterocycles. The lowest BCUT2D eigenvalue weighted by Gasteiger charge is -2.39. The lowest BCUT2D eigenvalue weighted by atomic mass is 9.91. The van der Waals surface area contributed by atoms with E-state index in [-0.39, 0.29) is 18.4 Å². The van der Waals surface area contributed by atoms with E-state index in [9.17, 15) is 9.59 Å². The molecular formula is C14H19N3O2S. The fraction of sp³-hybridized carbons (Fsp3) is 0.643. The number of hydrogen-bond acceptors (Lipinski definition) is 4. The van der Waals surface area contributed by atoms with Crippen LogP contribution in [0.2, 0.25) is 0 Å². The molecule has 1 N–H and O–H groups in total. The summed E-state index contributed by atoms with van der Waals surface area (Å²) in [6.07, 6.45) is 2.04. The molecule has 0 radical (unpaired) electrons. The summed E-state index contributed by atoms with van der Waals surface area (Å²) in [6, 6.07) is 0. The van der Waals surface area contributed by atoms with Crippen LogP contribution in [0.1, 0.15) is 35.3 Å². The van der Waals surface area contributed by atoms with Crippen molar-refractivity contribution in [2.24, 2.45) is 5.92 Å². The van der Waals surface area contributed by atoms with E-state index in [0.29, 0.717) is 12.5 Å². The molecule has 1 unspecified atom stereocenters. The molecule has 2 amide bonds. The van der Waals surface area contributed by atoms with Gasteiger partial charge in [0.25, 0.3) is 0 Å². The molecular weight excluding hydrogens is 274 g/mol. The van der Waals surface area contributed by atoms with Crippen LogP contribution in [-0.2, 0) is 16.1 Å². The van der Waals surface area contributed by atoms with Gasteiger partial charge in [-0.05, 0) is 39.5 Å². The van der Waals surface area contributed by atoms with Crippen molar-refractivity contribution >= 4 is 23.2 Å². The quantitative estimate of drug-likeness (QED) is 0.916. The minimum atomic E-state index is -0.712. The average molecular weight is 293 g/mol. The summed E-state index contributed by atoms with van der Waals surface area (Å²) in [5, 5.41) is 3.79. The highest BCUT2D eigenvalue weighted by molar-refractivity contribution is 7.11. The molecule has 1 atom stereocenters. The number of aromatic nitrogens is 1. The van der Waals surface area contributed by atoms with Gasteiger partial charge in [0, 0.05) is 4.88 Å². The zero-order valence-electron chi connectivity index (χ0n) is 12.0. The van der Waals surface area contributed by atoms with Gasteiger partial charge in [0.1, 0.15) is 17.1 Å². The molecule has 2 fully saturated rings. The Morgan fingerprint density at radius 1 is 1.40 bits per heavy atom. The van der Waals surface area contributed by atoms with Gasteiger partial charge in [0.15, 0.2) is 0 Å². The Bertz CT molecular complexity index is 559. The number of amides is 2. The van der Waals surface area contributed by atoms with E-state index < -0.39 is 5.54 Å². The van der Waals surface area contributed by atoms with Crippen molar-refractivity contribution in [1.82, 2.24) is 15.2 Å². The van der Waals surface area contributed by atoms with E-state index in [1.807, 2.05) is 20.8 Å². The molecule has 1 aromatic rings. The van der Waals surface area contributed by atoms with Crippen LogP contribution < -0.4 is 5.32 Å². The largest absolute Gasteiger partial charge is 0.340 e. The van der Waals surface area contributed by atoms with E-state index in [2.05, 4.69) is 10.3 Å². The predicted molar refractivity (Wildman–Crippen MR) is 76.3 cm³/mol. The molecule has 6 heteroatoms. The Hall–Kier alpha value is -1.43. The summed E-state index contributed by atoms with van der Waals surface area (Å²) in [7, 11) is 0. The maximum atomic E-state index is 12.7. The first-order chi connectivity index (χ1) is 9.40. The Labute approximate surface area is 122 Å². The second kappa shape index (κ2) is 4.55. The third-order valence-electron chi connectivity index (χ3n) is 4.26. The minimum absolute atomic E-state index is 0.0325. The number of nitrogens with zero attached hydrogens (tertiary/aromatic N) is 2. The lowest BCUT2D eigenvalue weighted by molar-refractivity contribution is -0.150. The SMILES string of the molecule is Cc1nc(CN2CC(=O)NC(C)(C3CC3)C2=O)sc1C. The number of piperazine rings is 1. The monoisotopic (exact) mass is 293 g/mol. The fourth-order valence-corrected chi connectivity index (χ4v) is 3.74. The molecule has 5 nitrogen and oxygen atoms in total. The van der Waals surface area contributed by atoms with Crippen molar-refractivity contribution in [3.05, 3.63) is 15.6 Å². The van der Waals surface area contributed by atoms with E-state index in [4.69, 9.17) is 0 Å². The normalized spacial score (nSPS) is 26.9. The van der Waals surface area contributed by atoms with Crippen LogP contribution in [0.4, 0.5) is 0 Å². The number of carbonyl (C=O) groups excluding carboxylic acids is 2. The maximum Gasteiger partial charge on any atom is 0.249 e. The van der Waals surface area contributed by atoms with Crippen LogP contribution in [0.3, 0.4) is 0 Å². The second-order valence-corrected chi connectivity index (χ2v) is 7.22.